The third-order valence-electron chi connectivity index (χ3n) is 3.29. The Morgan fingerprint density at radius 3 is 2.43 bits per heavy atom. The first-order valence-electron chi connectivity index (χ1n) is 5.25. The molecule has 0 aromatic carbocycles. The van der Waals surface area contributed by atoms with Gasteiger partial charge in [-0.1, -0.05) is 25.7 Å². The summed E-state index contributed by atoms with van der Waals surface area (Å²) in [6, 6.07) is 0.292. The summed E-state index contributed by atoms with van der Waals surface area (Å²) in [5, 5.41) is -0.0697. The average molecular weight is 329 g/mol. The van der Waals surface area contributed by atoms with Crippen LogP contribution in [0, 0.1) is 0 Å². The van der Waals surface area contributed by atoms with E-state index in [-0.39, 0.29) is 11.1 Å². The van der Waals surface area contributed by atoms with Crippen molar-refractivity contribution in [2.45, 2.75) is 49.8 Å². The zero-order valence-corrected chi connectivity index (χ0v) is 11.1. The highest BCUT2D eigenvalue weighted by Crippen LogP contribution is 2.34. The molecule has 2 fully saturated rings. The van der Waals surface area contributed by atoms with Crippen molar-refractivity contribution in [1.82, 2.24) is 3.11 Å². The maximum absolute atomic E-state index is 11.8. The van der Waals surface area contributed by atoms with Crippen LogP contribution in [0.4, 0.5) is 0 Å². The molecule has 0 aromatic rings. The molecule has 0 bridgehead atoms. The molecule has 0 spiro atoms. The third-order valence-corrected chi connectivity index (χ3v) is 6.92. The van der Waals surface area contributed by atoms with E-state index in [1.54, 1.807) is 0 Å². The zero-order valence-electron chi connectivity index (χ0n) is 8.15. The minimum Gasteiger partial charge on any atom is -0.228 e. The molecule has 14 heavy (non-hydrogen) atoms. The summed E-state index contributed by atoms with van der Waals surface area (Å²) in [5.74, 6) is 0.267. The Morgan fingerprint density at radius 1 is 1.07 bits per heavy atom. The quantitative estimate of drug-likeness (QED) is 0.505. The van der Waals surface area contributed by atoms with E-state index in [1.165, 1.54) is 19.3 Å². The maximum atomic E-state index is 11.8. The standard InChI is InChI=1S/C9H16INO2S/c10-11-7-14(12,13)9-6-4-2-1-3-5-8(9)11/h8-9H,1-7H2. The lowest BCUT2D eigenvalue weighted by molar-refractivity contribution is 0.362. The maximum Gasteiger partial charge on any atom is 0.168 e. The minimum atomic E-state index is -2.82. The second-order valence-electron chi connectivity index (χ2n) is 4.29. The molecular weight excluding hydrogens is 313 g/mol. The highest BCUT2D eigenvalue weighted by molar-refractivity contribution is 14.1. The van der Waals surface area contributed by atoms with Crippen LogP contribution in [0.15, 0.2) is 0 Å². The van der Waals surface area contributed by atoms with Crippen molar-refractivity contribution >= 4 is 32.7 Å². The molecule has 82 valence electrons. The van der Waals surface area contributed by atoms with Crippen LogP contribution in [0.1, 0.15) is 38.5 Å². The number of nitrogens with zero attached hydrogens (tertiary/aromatic N) is 1. The van der Waals surface area contributed by atoms with Crippen LogP contribution in [-0.4, -0.2) is 28.7 Å². The number of rotatable bonds is 0. The first-order chi connectivity index (χ1) is 6.61. The van der Waals surface area contributed by atoms with Crippen molar-refractivity contribution in [3.63, 3.8) is 0 Å². The Hall–Kier alpha value is 0.640. The van der Waals surface area contributed by atoms with Crippen LogP contribution < -0.4 is 0 Å². The molecule has 1 saturated carbocycles. The summed E-state index contributed by atoms with van der Waals surface area (Å²) in [4.78, 5) is 0. The van der Waals surface area contributed by atoms with Crippen molar-refractivity contribution in [3.8, 4) is 0 Å². The number of hydrogen-bond donors (Lipinski definition) is 0. The zero-order chi connectivity index (χ0) is 10.2. The lowest BCUT2D eigenvalue weighted by atomic mass is 9.96. The highest BCUT2D eigenvalue weighted by Gasteiger charge is 2.44. The number of sulfone groups is 1. The van der Waals surface area contributed by atoms with Crippen LogP contribution >= 0.6 is 22.9 Å². The molecule has 5 heteroatoms. The Morgan fingerprint density at radius 2 is 1.71 bits per heavy atom. The Labute approximate surface area is 99.7 Å². The first kappa shape index (κ1) is 11.1. The summed E-state index contributed by atoms with van der Waals surface area (Å²) >= 11 is 2.18. The van der Waals surface area contributed by atoms with Gasteiger partial charge < -0.3 is 0 Å². The summed E-state index contributed by atoms with van der Waals surface area (Å²) in [6.07, 6.45) is 6.70. The molecule has 0 aromatic heterocycles. The van der Waals surface area contributed by atoms with Crippen LogP contribution in [0.2, 0.25) is 0 Å². The molecule has 1 aliphatic carbocycles. The van der Waals surface area contributed by atoms with Crippen LogP contribution in [0.25, 0.3) is 0 Å². The summed E-state index contributed by atoms with van der Waals surface area (Å²) in [5.41, 5.74) is 0. The minimum absolute atomic E-state index is 0.0697. The molecule has 3 nitrogen and oxygen atoms in total. The molecule has 1 aliphatic heterocycles. The Balaban J connectivity index is 2.19. The fourth-order valence-electron chi connectivity index (χ4n) is 2.53. The van der Waals surface area contributed by atoms with Gasteiger partial charge in [0.25, 0.3) is 0 Å². The van der Waals surface area contributed by atoms with E-state index in [2.05, 4.69) is 22.9 Å². The number of hydrogen-bond acceptors (Lipinski definition) is 3. The van der Waals surface area contributed by atoms with Gasteiger partial charge in [0.15, 0.2) is 9.84 Å². The highest BCUT2D eigenvalue weighted by atomic mass is 127. The lowest BCUT2D eigenvalue weighted by Crippen LogP contribution is -2.31. The van der Waals surface area contributed by atoms with Crippen molar-refractivity contribution in [3.05, 3.63) is 0 Å². The molecule has 2 aliphatic rings. The van der Waals surface area contributed by atoms with Gasteiger partial charge in [-0.05, 0) is 12.8 Å². The van der Waals surface area contributed by atoms with Crippen molar-refractivity contribution < 1.29 is 8.42 Å². The van der Waals surface area contributed by atoms with E-state index in [1.807, 2.05) is 3.11 Å². The van der Waals surface area contributed by atoms with Gasteiger partial charge in [-0.15, -0.1) is 0 Å². The summed E-state index contributed by atoms with van der Waals surface area (Å²) in [7, 11) is -2.82. The predicted octanol–water partition coefficient (Wildman–Crippen LogP) is 2.12. The first-order valence-corrected chi connectivity index (χ1v) is 7.93. The van der Waals surface area contributed by atoms with Crippen molar-refractivity contribution in [2.75, 3.05) is 5.88 Å². The summed E-state index contributed by atoms with van der Waals surface area (Å²) < 4.78 is 25.7. The van der Waals surface area contributed by atoms with Gasteiger partial charge in [0.2, 0.25) is 0 Å². The Bertz CT molecular complexity index is 304. The molecule has 0 N–H and O–H groups in total. The molecule has 1 saturated heterocycles. The summed E-state index contributed by atoms with van der Waals surface area (Å²) in [6.45, 7) is 0. The molecule has 2 unspecified atom stereocenters. The van der Waals surface area contributed by atoms with E-state index in [0.717, 1.165) is 19.3 Å². The average Bonchev–Trinajstić information content (AvgIpc) is 2.19. The lowest BCUT2D eigenvalue weighted by Gasteiger charge is -2.23. The van der Waals surface area contributed by atoms with Gasteiger partial charge in [-0.25, -0.2) is 11.5 Å². The van der Waals surface area contributed by atoms with Gasteiger partial charge in [0.05, 0.1) is 5.25 Å². The Kier molecular flexibility index (Phi) is 3.38. The number of halogens is 1. The van der Waals surface area contributed by atoms with Gasteiger partial charge in [0, 0.05) is 28.9 Å². The van der Waals surface area contributed by atoms with E-state index < -0.39 is 9.84 Å². The second kappa shape index (κ2) is 4.25. The monoisotopic (exact) mass is 329 g/mol. The predicted molar refractivity (Wildman–Crippen MR) is 64.9 cm³/mol. The van der Waals surface area contributed by atoms with Crippen LogP contribution in [0.3, 0.4) is 0 Å². The van der Waals surface area contributed by atoms with Crippen molar-refractivity contribution in [2.24, 2.45) is 0 Å². The van der Waals surface area contributed by atoms with E-state index in [4.69, 9.17) is 0 Å². The largest absolute Gasteiger partial charge is 0.228 e. The van der Waals surface area contributed by atoms with Gasteiger partial charge in [-0.3, -0.25) is 0 Å². The SMILES string of the molecule is O=S1(=O)CN(I)C2CCCCCCC21. The van der Waals surface area contributed by atoms with E-state index in [0.29, 0.717) is 6.04 Å². The molecular formula is C9H16INO2S. The third kappa shape index (κ3) is 2.09. The van der Waals surface area contributed by atoms with Gasteiger partial charge in [0.1, 0.15) is 5.88 Å². The van der Waals surface area contributed by atoms with Crippen molar-refractivity contribution in [1.29, 1.82) is 0 Å². The molecule has 1 heterocycles. The van der Waals surface area contributed by atoms with Crippen LogP contribution in [0.5, 0.6) is 0 Å². The number of fused-ring (bicyclic) bond motifs is 1. The van der Waals surface area contributed by atoms with Gasteiger partial charge in [-0.2, -0.15) is 0 Å². The fourth-order valence-corrected chi connectivity index (χ4v) is 6.60. The molecule has 2 atom stereocenters. The molecule has 2 rings (SSSR count). The molecule has 0 amide bonds. The smallest absolute Gasteiger partial charge is 0.168 e. The van der Waals surface area contributed by atoms with Crippen LogP contribution in [-0.2, 0) is 9.84 Å². The van der Waals surface area contributed by atoms with Gasteiger partial charge >= 0.3 is 0 Å². The molecule has 0 radical (unpaired) electrons. The topological polar surface area (TPSA) is 37.4 Å². The second-order valence-corrected chi connectivity index (χ2v) is 7.72. The fraction of sp³-hybridized carbons (Fsp3) is 1.00. The van der Waals surface area contributed by atoms with E-state index >= 15 is 0 Å². The normalized spacial score (nSPS) is 38.6. The van der Waals surface area contributed by atoms with E-state index in [9.17, 15) is 8.42 Å².